The van der Waals surface area contributed by atoms with Gasteiger partial charge in [0.05, 0.1) is 30.4 Å². The number of hydrogen-bond acceptors (Lipinski definition) is 6. The maximum Gasteiger partial charge on any atom is 0.271 e. The monoisotopic (exact) mass is 451 g/mol. The Morgan fingerprint density at radius 1 is 1.17 bits per heavy atom. The molecule has 0 aliphatic carbocycles. The molecule has 0 unspecified atom stereocenters. The summed E-state index contributed by atoms with van der Waals surface area (Å²) in [5, 5.41) is 4.26. The highest BCUT2D eigenvalue weighted by atomic mass is 35.5. The van der Waals surface area contributed by atoms with Gasteiger partial charge in [-0.25, -0.2) is 13.8 Å². The van der Waals surface area contributed by atoms with Crippen LogP contribution in [0.4, 0.5) is 0 Å². The second-order valence-corrected chi connectivity index (χ2v) is 8.92. The average Bonchev–Trinajstić information content (AvgIpc) is 3.29. The number of nitrogens with zero attached hydrogens (tertiary/aromatic N) is 2. The molecule has 0 radical (unpaired) electrons. The highest BCUT2D eigenvalue weighted by Crippen LogP contribution is 2.35. The van der Waals surface area contributed by atoms with Crippen molar-refractivity contribution >= 4 is 33.7 Å². The number of hydrazone groups is 1. The molecule has 1 heterocycles. The minimum absolute atomic E-state index is 0.0905. The van der Waals surface area contributed by atoms with E-state index in [1.165, 1.54) is 49.0 Å². The normalized spacial score (nSPS) is 14.8. The Balaban J connectivity index is 1.73. The third-order valence-corrected chi connectivity index (χ3v) is 6.81. The van der Waals surface area contributed by atoms with Crippen molar-refractivity contribution in [3.05, 3.63) is 52.5 Å². The Labute approximate surface area is 180 Å². The fraction of sp³-hybridized carbons (Fsp3) is 0.300. The van der Waals surface area contributed by atoms with Crippen LogP contribution in [0.3, 0.4) is 0 Å². The van der Waals surface area contributed by atoms with Crippen LogP contribution in [-0.4, -0.2) is 52.2 Å². The molecule has 2 aromatic rings. The molecule has 1 saturated heterocycles. The molecule has 1 aliphatic heterocycles. The van der Waals surface area contributed by atoms with E-state index in [0.29, 0.717) is 35.2 Å². The van der Waals surface area contributed by atoms with E-state index < -0.39 is 15.9 Å². The van der Waals surface area contributed by atoms with Gasteiger partial charge in [0.15, 0.2) is 11.5 Å². The molecule has 160 valence electrons. The van der Waals surface area contributed by atoms with Crippen LogP contribution in [0.25, 0.3) is 0 Å². The largest absolute Gasteiger partial charge is 0.493 e. The Morgan fingerprint density at radius 2 is 1.90 bits per heavy atom. The molecular weight excluding hydrogens is 430 g/mol. The van der Waals surface area contributed by atoms with Crippen LogP contribution in [0, 0.1) is 0 Å². The van der Waals surface area contributed by atoms with Crippen molar-refractivity contribution in [2.24, 2.45) is 5.10 Å². The number of ether oxygens (including phenoxy) is 2. The summed E-state index contributed by atoms with van der Waals surface area (Å²) in [6.07, 6.45) is 3.08. The minimum Gasteiger partial charge on any atom is -0.493 e. The Bertz CT molecular complexity index is 1070. The van der Waals surface area contributed by atoms with Gasteiger partial charge in [0, 0.05) is 18.7 Å². The van der Waals surface area contributed by atoms with Gasteiger partial charge in [0.1, 0.15) is 0 Å². The first-order valence-electron chi connectivity index (χ1n) is 9.22. The lowest BCUT2D eigenvalue weighted by molar-refractivity contribution is 0.0955. The van der Waals surface area contributed by atoms with Gasteiger partial charge in [0.25, 0.3) is 5.91 Å². The summed E-state index contributed by atoms with van der Waals surface area (Å²) in [7, 11) is -0.635. The van der Waals surface area contributed by atoms with Gasteiger partial charge >= 0.3 is 0 Å². The molecule has 0 bridgehead atoms. The maximum absolute atomic E-state index is 12.7. The molecule has 1 amide bonds. The van der Waals surface area contributed by atoms with E-state index in [1.807, 2.05) is 0 Å². The van der Waals surface area contributed by atoms with Crippen LogP contribution in [0.1, 0.15) is 28.8 Å². The second-order valence-electron chi connectivity index (χ2n) is 6.58. The lowest BCUT2D eigenvalue weighted by Gasteiger charge is -2.15. The van der Waals surface area contributed by atoms with Crippen molar-refractivity contribution in [1.29, 1.82) is 0 Å². The number of carbonyl (C=O) groups is 1. The molecular formula is C20H22ClN3O5S. The van der Waals surface area contributed by atoms with Gasteiger partial charge in [-0.3, -0.25) is 4.79 Å². The van der Waals surface area contributed by atoms with E-state index >= 15 is 0 Å². The number of methoxy groups -OCH3 is 2. The van der Waals surface area contributed by atoms with E-state index in [9.17, 15) is 13.2 Å². The minimum atomic E-state index is -3.60. The van der Waals surface area contributed by atoms with E-state index in [-0.39, 0.29) is 10.5 Å². The standard InChI is InChI=1S/C20H22ClN3O5S/c1-28-18-11-14(10-17(21)19(18)29-2)13-22-23-20(25)15-6-5-7-16(12-15)30(26,27)24-8-3-4-9-24/h5-7,10-13H,3-4,8-9H2,1-2H3,(H,23,25)/b22-13+. The molecule has 1 fully saturated rings. The maximum atomic E-state index is 12.7. The number of carbonyl (C=O) groups excluding carboxylic acids is 1. The summed E-state index contributed by atoms with van der Waals surface area (Å²) < 4.78 is 37.2. The summed E-state index contributed by atoms with van der Waals surface area (Å²) in [5.41, 5.74) is 3.17. The zero-order valence-electron chi connectivity index (χ0n) is 16.6. The van der Waals surface area contributed by atoms with Gasteiger partial charge in [-0.2, -0.15) is 9.41 Å². The number of amides is 1. The van der Waals surface area contributed by atoms with Crippen LogP contribution in [0.2, 0.25) is 5.02 Å². The summed E-state index contributed by atoms with van der Waals surface area (Å²) in [6, 6.07) is 9.17. The zero-order chi connectivity index (χ0) is 21.7. The molecule has 1 aliphatic rings. The first-order chi connectivity index (χ1) is 14.4. The SMILES string of the molecule is COc1cc(/C=N/NC(=O)c2cccc(S(=O)(=O)N3CCCC3)c2)cc(Cl)c1OC. The van der Waals surface area contributed by atoms with E-state index in [1.54, 1.807) is 12.1 Å². The van der Waals surface area contributed by atoms with Crippen molar-refractivity contribution < 1.29 is 22.7 Å². The van der Waals surface area contributed by atoms with Crippen molar-refractivity contribution in [3.8, 4) is 11.5 Å². The summed E-state index contributed by atoms with van der Waals surface area (Å²) in [6.45, 7) is 0.994. The topological polar surface area (TPSA) is 97.3 Å². The number of halogens is 1. The summed E-state index contributed by atoms with van der Waals surface area (Å²) >= 11 is 6.15. The molecule has 0 aromatic heterocycles. The number of nitrogens with one attached hydrogen (secondary N) is 1. The molecule has 3 rings (SSSR count). The van der Waals surface area contributed by atoms with E-state index in [2.05, 4.69) is 10.5 Å². The molecule has 2 aromatic carbocycles. The van der Waals surface area contributed by atoms with E-state index in [0.717, 1.165) is 12.8 Å². The quantitative estimate of drug-likeness (QED) is 0.515. The number of hydrogen-bond donors (Lipinski definition) is 1. The van der Waals surface area contributed by atoms with Gasteiger partial charge in [-0.1, -0.05) is 17.7 Å². The number of benzene rings is 2. The van der Waals surface area contributed by atoms with Crippen LogP contribution >= 0.6 is 11.6 Å². The average molecular weight is 452 g/mol. The zero-order valence-corrected chi connectivity index (χ0v) is 18.2. The van der Waals surface area contributed by atoms with Crippen LogP contribution in [0.15, 0.2) is 46.4 Å². The van der Waals surface area contributed by atoms with Gasteiger partial charge in [-0.15, -0.1) is 0 Å². The van der Waals surface area contributed by atoms with Crippen LogP contribution in [-0.2, 0) is 10.0 Å². The predicted molar refractivity (Wildman–Crippen MR) is 114 cm³/mol. The number of sulfonamides is 1. The second kappa shape index (κ2) is 9.46. The van der Waals surface area contributed by atoms with Crippen molar-refractivity contribution in [2.75, 3.05) is 27.3 Å². The Morgan fingerprint density at radius 3 is 2.57 bits per heavy atom. The summed E-state index contributed by atoms with van der Waals surface area (Å²) in [5.74, 6) is 0.297. The third kappa shape index (κ3) is 4.75. The van der Waals surface area contributed by atoms with Gasteiger partial charge in [0.2, 0.25) is 10.0 Å². The lowest BCUT2D eigenvalue weighted by atomic mass is 10.2. The Hall–Kier alpha value is -2.62. The van der Waals surface area contributed by atoms with Crippen molar-refractivity contribution in [3.63, 3.8) is 0 Å². The number of rotatable bonds is 7. The molecule has 8 nitrogen and oxygen atoms in total. The van der Waals surface area contributed by atoms with Crippen LogP contribution < -0.4 is 14.9 Å². The highest BCUT2D eigenvalue weighted by molar-refractivity contribution is 7.89. The molecule has 1 N–H and O–H groups in total. The van der Waals surface area contributed by atoms with Crippen molar-refractivity contribution in [1.82, 2.24) is 9.73 Å². The molecule has 0 saturated carbocycles. The van der Waals surface area contributed by atoms with Crippen molar-refractivity contribution in [2.45, 2.75) is 17.7 Å². The van der Waals surface area contributed by atoms with E-state index in [4.69, 9.17) is 21.1 Å². The fourth-order valence-electron chi connectivity index (χ4n) is 3.12. The highest BCUT2D eigenvalue weighted by Gasteiger charge is 2.27. The molecule has 0 spiro atoms. The van der Waals surface area contributed by atoms with Crippen LogP contribution in [0.5, 0.6) is 11.5 Å². The van der Waals surface area contributed by atoms with Gasteiger partial charge in [-0.05, 0) is 48.7 Å². The first-order valence-corrected chi connectivity index (χ1v) is 11.0. The summed E-state index contributed by atoms with van der Waals surface area (Å²) in [4.78, 5) is 12.5. The molecule has 30 heavy (non-hydrogen) atoms. The smallest absolute Gasteiger partial charge is 0.271 e. The first kappa shape index (κ1) is 22.1. The molecule has 0 atom stereocenters. The Kier molecular flexibility index (Phi) is 6.96. The van der Waals surface area contributed by atoms with Gasteiger partial charge < -0.3 is 9.47 Å². The fourth-order valence-corrected chi connectivity index (χ4v) is 4.98. The predicted octanol–water partition coefficient (Wildman–Crippen LogP) is 2.91. The lowest BCUT2D eigenvalue weighted by Crippen LogP contribution is -2.28. The molecule has 10 heteroatoms. The third-order valence-electron chi connectivity index (χ3n) is 4.63.